The van der Waals surface area contributed by atoms with E-state index in [2.05, 4.69) is 25.8 Å². The Labute approximate surface area is 155 Å². The summed E-state index contributed by atoms with van der Waals surface area (Å²) >= 11 is 3.49. The van der Waals surface area contributed by atoms with Crippen LogP contribution in [0.25, 0.3) is 5.65 Å². The lowest BCUT2D eigenvalue weighted by Gasteiger charge is -2.18. The summed E-state index contributed by atoms with van der Waals surface area (Å²) in [4.78, 5) is 19.0. The first-order valence-corrected chi connectivity index (χ1v) is 8.75. The van der Waals surface area contributed by atoms with Gasteiger partial charge in [-0.25, -0.2) is 4.98 Å². The van der Waals surface area contributed by atoms with Crippen molar-refractivity contribution in [2.45, 2.75) is 20.0 Å². The number of aryl methyl sites for hydroxylation is 1. The fourth-order valence-corrected chi connectivity index (χ4v) is 3.24. The molecule has 0 radical (unpaired) electrons. The Morgan fingerprint density at radius 2 is 2.00 bits per heavy atom. The van der Waals surface area contributed by atoms with Crippen LogP contribution in [-0.4, -0.2) is 28.4 Å². The lowest BCUT2D eigenvalue weighted by Crippen LogP contribution is -2.22. The zero-order chi connectivity index (χ0) is 18.0. The predicted molar refractivity (Wildman–Crippen MR) is 102 cm³/mol. The van der Waals surface area contributed by atoms with Gasteiger partial charge in [0.2, 0.25) is 0 Å². The minimum absolute atomic E-state index is 0.0582. The molecule has 5 nitrogen and oxygen atoms in total. The summed E-state index contributed by atoms with van der Waals surface area (Å²) in [5.41, 5.74) is 3.47. The molecule has 0 aliphatic rings. The topological polar surface area (TPSA) is 46.8 Å². The van der Waals surface area contributed by atoms with Gasteiger partial charge in [0.1, 0.15) is 11.4 Å². The van der Waals surface area contributed by atoms with E-state index < -0.39 is 0 Å². The van der Waals surface area contributed by atoms with Gasteiger partial charge in [0, 0.05) is 35.4 Å². The van der Waals surface area contributed by atoms with Crippen molar-refractivity contribution in [1.82, 2.24) is 14.3 Å². The van der Waals surface area contributed by atoms with Gasteiger partial charge in [0.15, 0.2) is 0 Å². The number of methoxy groups -OCH3 is 1. The summed E-state index contributed by atoms with van der Waals surface area (Å²) in [5.74, 6) is 0.845. The van der Waals surface area contributed by atoms with E-state index in [1.807, 2.05) is 50.5 Å². The van der Waals surface area contributed by atoms with E-state index in [1.165, 1.54) is 0 Å². The summed E-state index contributed by atoms with van der Waals surface area (Å²) in [5, 5.41) is 0. The van der Waals surface area contributed by atoms with Crippen molar-refractivity contribution in [3.63, 3.8) is 0 Å². The Morgan fingerprint density at radius 1 is 1.20 bits per heavy atom. The smallest absolute Gasteiger partial charge is 0.258 e. The van der Waals surface area contributed by atoms with E-state index in [0.29, 0.717) is 18.7 Å². The second-order valence-corrected chi connectivity index (χ2v) is 7.06. The molecular formula is C19H20BrN3O2. The maximum absolute atomic E-state index is 12.3. The molecule has 25 heavy (non-hydrogen) atoms. The van der Waals surface area contributed by atoms with Crippen LogP contribution in [0.15, 0.2) is 51.9 Å². The van der Waals surface area contributed by atoms with Crippen molar-refractivity contribution < 1.29 is 4.74 Å². The average molecular weight is 402 g/mol. The molecule has 0 amide bonds. The van der Waals surface area contributed by atoms with E-state index >= 15 is 0 Å². The van der Waals surface area contributed by atoms with Gasteiger partial charge in [-0.15, -0.1) is 0 Å². The van der Waals surface area contributed by atoms with Crippen LogP contribution in [0, 0.1) is 6.92 Å². The van der Waals surface area contributed by atoms with Crippen LogP contribution in [-0.2, 0) is 13.1 Å². The molecule has 0 saturated heterocycles. The number of rotatable bonds is 5. The molecule has 3 aromatic rings. The summed E-state index contributed by atoms with van der Waals surface area (Å²) in [6.07, 6.45) is 1.81. The van der Waals surface area contributed by atoms with Gasteiger partial charge in [-0.05, 0) is 43.8 Å². The second kappa shape index (κ2) is 7.37. The first-order valence-electron chi connectivity index (χ1n) is 7.96. The maximum Gasteiger partial charge on any atom is 0.258 e. The van der Waals surface area contributed by atoms with E-state index in [0.717, 1.165) is 27.0 Å². The van der Waals surface area contributed by atoms with E-state index in [4.69, 9.17) is 4.74 Å². The monoisotopic (exact) mass is 401 g/mol. The van der Waals surface area contributed by atoms with Gasteiger partial charge in [0.25, 0.3) is 5.56 Å². The van der Waals surface area contributed by atoms with Crippen molar-refractivity contribution in [3.05, 3.63) is 74.2 Å². The van der Waals surface area contributed by atoms with E-state index in [1.54, 1.807) is 17.6 Å². The minimum Gasteiger partial charge on any atom is -0.496 e. The second-order valence-electron chi connectivity index (χ2n) is 6.15. The molecular weight excluding hydrogens is 382 g/mol. The summed E-state index contributed by atoms with van der Waals surface area (Å²) < 4.78 is 8.01. The first-order chi connectivity index (χ1) is 12.0. The Bertz CT molecular complexity index is 969. The number of pyridine rings is 1. The molecule has 6 heteroatoms. The molecule has 0 spiro atoms. The van der Waals surface area contributed by atoms with Crippen LogP contribution in [0.5, 0.6) is 5.75 Å². The quantitative estimate of drug-likeness (QED) is 0.657. The van der Waals surface area contributed by atoms with E-state index in [-0.39, 0.29) is 5.56 Å². The Kier molecular flexibility index (Phi) is 5.20. The number of halogens is 1. The number of aromatic nitrogens is 2. The van der Waals surface area contributed by atoms with Gasteiger partial charge in [-0.3, -0.25) is 14.1 Å². The average Bonchev–Trinajstić information content (AvgIpc) is 2.56. The Balaban J connectivity index is 1.83. The van der Waals surface area contributed by atoms with Crippen LogP contribution in [0.2, 0.25) is 0 Å². The zero-order valence-corrected chi connectivity index (χ0v) is 16.1. The first kappa shape index (κ1) is 17.6. The highest BCUT2D eigenvalue weighted by atomic mass is 79.9. The van der Waals surface area contributed by atoms with Crippen molar-refractivity contribution in [2.24, 2.45) is 0 Å². The molecule has 130 valence electrons. The van der Waals surface area contributed by atoms with Gasteiger partial charge in [-0.2, -0.15) is 0 Å². The minimum atomic E-state index is -0.0582. The molecule has 0 atom stereocenters. The van der Waals surface area contributed by atoms with Crippen molar-refractivity contribution in [1.29, 1.82) is 0 Å². The molecule has 2 heterocycles. The fraction of sp³-hybridized carbons (Fsp3) is 0.263. The van der Waals surface area contributed by atoms with Gasteiger partial charge in [0.05, 0.1) is 12.8 Å². The Morgan fingerprint density at radius 3 is 2.76 bits per heavy atom. The third-order valence-corrected chi connectivity index (χ3v) is 4.47. The fourth-order valence-electron chi connectivity index (χ4n) is 2.83. The number of hydrogen-bond donors (Lipinski definition) is 0. The summed E-state index contributed by atoms with van der Waals surface area (Å²) in [6, 6.07) is 11.4. The van der Waals surface area contributed by atoms with Crippen molar-refractivity contribution in [3.8, 4) is 5.75 Å². The van der Waals surface area contributed by atoms with Crippen LogP contribution < -0.4 is 10.3 Å². The van der Waals surface area contributed by atoms with Crippen molar-refractivity contribution >= 4 is 21.6 Å². The SMILES string of the molecule is COc1ccc(Br)cc1CN(C)Cc1cc(=O)n2cc(C)ccc2n1. The summed E-state index contributed by atoms with van der Waals surface area (Å²) in [7, 11) is 3.67. The molecule has 0 saturated carbocycles. The van der Waals surface area contributed by atoms with Crippen LogP contribution >= 0.6 is 15.9 Å². The third-order valence-electron chi connectivity index (χ3n) is 3.98. The lowest BCUT2D eigenvalue weighted by molar-refractivity contribution is 0.306. The molecule has 1 aromatic carbocycles. The molecule has 0 unspecified atom stereocenters. The van der Waals surface area contributed by atoms with E-state index in [9.17, 15) is 4.79 Å². The molecule has 2 aromatic heterocycles. The standard InChI is InChI=1S/C19H20BrN3O2/c1-13-4-7-18-21-16(9-19(24)23(18)10-13)12-22(2)11-14-8-15(20)5-6-17(14)25-3/h4-10H,11-12H2,1-3H3. The van der Waals surface area contributed by atoms with Gasteiger partial charge >= 0.3 is 0 Å². The summed E-state index contributed by atoms with van der Waals surface area (Å²) in [6.45, 7) is 3.23. The highest BCUT2D eigenvalue weighted by Crippen LogP contribution is 2.24. The largest absolute Gasteiger partial charge is 0.496 e. The van der Waals surface area contributed by atoms with Crippen LogP contribution in [0.3, 0.4) is 0 Å². The third kappa shape index (κ3) is 4.08. The highest BCUT2D eigenvalue weighted by molar-refractivity contribution is 9.10. The van der Waals surface area contributed by atoms with Crippen LogP contribution in [0.4, 0.5) is 0 Å². The van der Waals surface area contributed by atoms with Crippen LogP contribution in [0.1, 0.15) is 16.8 Å². The number of ether oxygens (including phenoxy) is 1. The zero-order valence-electron chi connectivity index (χ0n) is 14.5. The lowest BCUT2D eigenvalue weighted by atomic mass is 10.2. The molecule has 0 N–H and O–H groups in total. The number of nitrogens with zero attached hydrogens (tertiary/aromatic N) is 3. The molecule has 0 bridgehead atoms. The van der Waals surface area contributed by atoms with Crippen molar-refractivity contribution in [2.75, 3.05) is 14.2 Å². The number of hydrogen-bond acceptors (Lipinski definition) is 4. The highest BCUT2D eigenvalue weighted by Gasteiger charge is 2.10. The molecule has 3 rings (SSSR count). The maximum atomic E-state index is 12.3. The molecule has 0 aliphatic heterocycles. The normalized spacial score (nSPS) is 11.2. The number of fused-ring (bicyclic) bond motifs is 1. The Hall–Kier alpha value is -2.18. The van der Waals surface area contributed by atoms with Gasteiger partial charge < -0.3 is 4.74 Å². The number of benzene rings is 1. The molecule has 0 fully saturated rings. The molecule has 0 aliphatic carbocycles. The van der Waals surface area contributed by atoms with Gasteiger partial charge in [-0.1, -0.05) is 22.0 Å². The predicted octanol–water partition coefficient (Wildman–Crippen LogP) is 3.41.